The quantitative estimate of drug-likeness (QED) is 0.312. The third-order valence-electron chi connectivity index (χ3n) is 4.18. The molecule has 10 heteroatoms. The van der Waals surface area contributed by atoms with Gasteiger partial charge in [0.15, 0.2) is 0 Å². The molecule has 0 spiro atoms. The number of nitrogens with zero attached hydrogens (tertiary/aromatic N) is 6. The Morgan fingerprint density at radius 3 is 2.30 bits per heavy atom. The van der Waals surface area contributed by atoms with E-state index in [1.165, 1.54) is 18.3 Å². The van der Waals surface area contributed by atoms with Crippen molar-refractivity contribution in [1.82, 2.24) is 15.0 Å². The lowest BCUT2D eigenvalue weighted by Crippen LogP contribution is -2.25. The molecule has 3 rings (SSSR count). The molecule has 0 fully saturated rings. The van der Waals surface area contributed by atoms with Crippen LogP contribution >= 0.6 is 0 Å². The summed E-state index contributed by atoms with van der Waals surface area (Å²) >= 11 is 0. The minimum absolute atomic E-state index is 0.0260. The molecule has 0 saturated heterocycles. The summed E-state index contributed by atoms with van der Waals surface area (Å²) in [4.78, 5) is 25.6. The number of benzene rings is 2. The highest BCUT2D eigenvalue weighted by molar-refractivity contribution is 5.80. The molecule has 0 bridgehead atoms. The van der Waals surface area contributed by atoms with Gasteiger partial charge in [-0.05, 0) is 43.7 Å². The molecule has 1 heterocycles. The van der Waals surface area contributed by atoms with E-state index in [0.717, 1.165) is 18.8 Å². The summed E-state index contributed by atoms with van der Waals surface area (Å²) in [7, 11) is 0. The Hall–Kier alpha value is -4.08. The number of rotatable bonds is 9. The molecule has 2 aromatic carbocycles. The van der Waals surface area contributed by atoms with Crippen LogP contribution in [0.25, 0.3) is 0 Å². The third kappa shape index (κ3) is 5.47. The van der Waals surface area contributed by atoms with Gasteiger partial charge in [-0.25, -0.2) is 5.43 Å². The summed E-state index contributed by atoms with van der Waals surface area (Å²) < 4.78 is 0. The van der Waals surface area contributed by atoms with Crippen molar-refractivity contribution in [2.75, 3.05) is 28.7 Å². The first-order valence-corrected chi connectivity index (χ1v) is 9.45. The summed E-state index contributed by atoms with van der Waals surface area (Å²) in [5, 5.41) is 18.0. The van der Waals surface area contributed by atoms with E-state index in [1.807, 2.05) is 49.1 Å². The molecule has 10 nitrogen and oxygen atoms in total. The average Bonchev–Trinajstić information content (AvgIpc) is 2.76. The lowest BCUT2D eigenvalue weighted by molar-refractivity contribution is -0.384. The number of hydrazone groups is 1. The van der Waals surface area contributed by atoms with E-state index in [4.69, 9.17) is 0 Å². The van der Waals surface area contributed by atoms with Crippen LogP contribution in [0.4, 0.5) is 29.2 Å². The molecule has 0 radical (unpaired) electrons. The highest BCUT2D eigenvalue weighted by Gasteiger charge is 2.11. The summed E-state index contributed by atoms with van der Waals surface area (Å²) in [6, 6.07) is 15.7. The highest BCUT2D eigenvalue weighted by Crippen LogP contribution is 2.17. The van der Waals surface area contributed by atoms with E-state index >= 15 is 0 Å². The van der Waals surface area contributed by atoms with Gasteiger partial charge in [-0.15, -0.1) is 0 Å². The predicted octanol–water partition coefficient (Wildman–Crippen LogP) is 3.82. The molecule has 0 amide bonds. The van der Waals surface area contributed by atoms with Crippen LogP contribution in [0.2, 0.25) is 0 Å². The van der Waals surface area contributed by atoms with Gasteiger partial charge in [-0.1, -0.05) is 18.2 Å². The molecular weight excluding hydrogens is 384 g/mol. The molecule has 0 unspecified atom stereocenters. The average molecular weight is 406 g/mol. The smallest absolute Gasteiger partial charge is 0.269 e. The lowest BCUT2D eigenvalue weighted by atomic mass is 10.2. The summed E-state index contributed by atoms with van der Waals surface area (Å²) in [5.74, 6) is 1.20. The Kier molecular flexibility index (Phi) is 6.83. The molecule has 0 aliphatic carbocycles. The Morgan fingerprint density at radius 1 is 1.00 bits per heavy atom. The fourth-order valence-corrected chi connectivity index (χ4v) is 2.62. The highest BCUT2D eigenvalue weighted by atomic mass is 16.6. The van der Waals surface area contributed by atoms with Gasteiger partial charge in [-0.3, -0.25) is 10.1 Å². The molecule has 0 atom stereocenters. The fourth-order valence-electron chi connectivity index (χ4n) is 2.62. The minimum atomic E-state index is -0.444. The molecule has 2 N–H and O–H groups in total. The largest absolute Gasteiger partial charge is 0.341 e. The number of non-ortho nitro benzene ring substituents is 1. The number of nitro benzene ring substituents is 1. The van der Waals surface area contributed by atoms with E-state index in [-0.39, 0.29) is 11.6 Å². The maximum atomic E-state index is 10.7. The van der Waals surface area contributed by atoms with Gasteiger partial charge in [0.2, 0.25) is 17.8 Å². The number of nitrogens with one attached hydrogen (secondary N) is 2. The number of nitro groups is 1. The monoisotopic (exact) mass is 406 g/mol. The predicted molar refractivity (Wildman–Crippen MR) is 117 cm³/mol. The van der Waals surface area contributed by atoms with Crippen molar-refractivity contribution >= 4 is 35.4 Å². The van der Waals surface area contributed by atoms with Crippen LogP contribution in [0.3, 0.4) is 0 Å². The standard InChI is InChI=1S/C20H22N8O2/c1-3-27(4-2)20-24-18(22-16-8-6-5-7-9-16)23-19(25-20)26-21-14-15-10-12-17(13-11-15)28(29)30/h5-14H,3-4H2,1-2H3,(H2,22,23,24,25,26)/b21-14+. The molecule has 0 saturated carbocycles. The normalized spacial score (nSPS) is 10.7. The Balaban J connectivity index is 1.80. The first kappa shape index (κ1) is 20.6. The topological polar surface area (TPSA) is 121 Å². The van der Waals surface area contributed by atoms with Crippen LogP contribution < -0.4 is 15.6 Å². The van der Waals surface area contributed by atoms with Crippen LogP contribution in [0.1, 0.15) is 19.4 Å². The Labute approximate surface area is 173 Å². The van der Waals surface area contributed by atoms with Gasteiger partial charge in [-0.2, -0.15) is 20.1 Å². The lowest BCUT2D eigenvalue weighted by Gasteiger charge is -2.19. The number of para-hydroxylation sites is 1. The van der Waals surface area contributed by atoms with Gasteiger partial charge in [0.05, 0.1) is 11.1 Å². The molecular formula is C20H22N8O2. The number of hydrogen-bond acceptors (Lipinski definition) is 9. The van der Waals surface area contributed by atoms with E-state index in [1.54, 1.807) is 12.1 Å². The fraction of sp³-hybridized carbons (Fsp3) is 0.200. The van der Waals surface area contributed by atoms with Crippen molar-refractivity contribution in [1.29, 1.82) is 0 Å². The van der Waals surface area contributed by atoms with Crippen molar-refractivity contribution < 1.29 is 4.92 Å². The van der Waals surface area contributed by atoms with Gasteiger partial charge < -0.3 is 10.2 Å². The second kappa shape index (κ2) is 9.92. The molecule has 0 aliphatic heterocycles. The van der Waals surface area contributed by atoms with Crippen molar-refractivity contribution in [3.63, 3.8) is 0 Å². The van der Waals surface area contributed by atoms with Crippen LogP contribution in [0.5, 0.6) is 0 Å². The van der Waals surface area contributed by atoms with Crippen molar-refractivity contribution in [3.8, 4) is 0 Å². The maximum Gasteiger partial charge on any atom is 0.269 e. The minimum Gasteiger partial charge on any atom is -0.341 e. The zero-order valence-corrected chi connectivity index (χ0v) is 16.7. The Bertz CT molecular complexity index is 1010. The Morgan fingerprint density at radius 2 is 1.67 bits per heavy atom. The molecule has 0 aliphatic rings. The number of hydrogen-bond donors (Lipinski definition) is 2. The first-order valence-electron chi connectivity index (χ1n) is 9.45. The van der Waals surface area contributed by atoms with E-state index in [0.29, 0.717) is 17.5 Å². The van der Waals surface area contributed by atoms with Gasteiger partial charge >= 0.3 is 0 Å². The summed E-state index contributed by atoms with van der Waals surface area (Å²) in [6.45, 7) is 5.54. The van der Waals surface area contributed by atoms with Crippen molar-refractivity contribution in [2.45, 2.75) is 13.8 Å². The van der Waals surface area contributed by atoms with Crippen LogP contribution in [0.15, 0.2) is 59.7 Å². The van der Waals surface area contributed by atoms with Gasteiger partial charge in [0.25, 0.3) is 5.69 Å². The van der Waals surface area contributed by atoms with E-state index in [9.17, 15) is 10.1 Å². The van der Waals surface area contributed by atoms with E-state index < -0.39 is 4.92 Å². The zero-order valence-electron chi connectivity index (χ0n) is 16.7. The van der Waals surface area contributed by atoms with Gasteiger partial charge in [0, 0.05) is 30.9 Å². The summed E-state index contributed by atoms with van der Waals surface area (Å²) in [5.41, 5.74) is 4.39. The maximum absolute atomic E-state index is 10.7. The SMILES string of the molecule is CCN(CC)c1nc(N/N=C/c2ccc([N+](=O)[O-])cc2)nc(Nc2ccccc2)n1. The van der Waals surface area contributed by atoms with Crippen LogP contribution in [-0.2, 0) is 0 Å². The third-order valence-corrected chi connectivity index (χ3v) is 4.18. The van der Waals surface area contributed by atoms with Crippen molar-refractivity contribution in [3.05, 3.63) is 70.3 Å². The van der Waals surface area contributed by atoms with Crippen molar-refractivity contribution in [2.24, 2.45) is 5.10 Å². The zero-order chi connectivity index (χ0) is 21.3. The van der Waals surface area contributed by atoms with E-state index in [2.05, 4.69) is 30.8 Å². The van der Waals surface area contributed by atoms with Crippen LogP contribution in [-0.4, -0.2) is 39.2 Å². The second-order valence-corrected chi connectivity index (χ2v) is 6.16. The summed E-state index contributed by atoms with van der Waals surface area (Å²) in [6.07, 6.45) is 1.54. The number of aromatic nitrogens is 3. The first-order chi connectivity index (χ1) is 14.6. The molecule has 154 valence electrons. The van der Waals surface area contributed by atoms with Gasteiger partial charge in [0.1, 0.15) is 0 Å². The molecule has 3 aromatic rings. The number of anilines is 4. The molecule has 30 heavy (non-hydrogen) atoms. The van der Waals surface area contributed by atoms with Crippen LogP contribution in [0, 0.1) is 10.1 Å². The molecule has 1 aromatic heterocycles. The second-order valence-electron chi connectivity index (χ2n) is 6.16.